The molecule has 0 amide bonds. The maximum absolute atomic E-state index is 12.5. The van der Waals surface area contributed by atoms with Gasteiger partial charge >= 0.3 is 17.9 Å². The molecule has 1 aliphatic heterocycles. The van der Waals surface area contributed by atoms with Gasteiger partial charge in [-0.05, 0) is 24.3 Å². The molecule has 2 aromatic rings. The normalized spacial score (nSPS) is 19.1. The number of esters is 3. The maximum atomic E-state index is 12.5. The lowest BCUT2D eigenvalue weighted by atomic mass is 10.1. The third kappa shape index (κ3) is 6.10. The number of nitrogens with zero attached hydrogens (tertiary/aromatic N) is 2. The van der Waals surface area contributed by atoms with Crippen LogP contribution in [0, 0.1) is 20.2 Å². The molecule has 1 aliphatic rings. The second-order valence-electron chi connectivity index (χ2n) is 7.10. The van der Waals surface area contributed by atoms with E-state index in [1.165, 1.54) is 31.2 Å². The first-order chi connectivity index (χ1) is 16.1. The molecule has 3 rings (SSSR count). The Kier molecular flexibility index (Phi) is 7.48. The summed E-state index contributed by atoms with van der Waals surface area (Å²) in [4.78, 5) is 56.3. The fraction of sp³-hybridized carbons (Fsp3) is 0.286. The maximum Gasteiger partial charge on any atom is 0.338 e. The van der Waals surface area contributed by atoms with E-state index in [4.69, 9.17) is 18.9 Å². The average Bonchev–Trinajstić information content (AvgIpc) is 3.17. The standard InChI is InChI=1S/C21H18N2O11/c1-12(24)32-19-10-17(34-21(26)14-4-8-16(9-5-14)23(29)30)18(33-19)11-31-20(25)13-2-6-15(7-3-13)22(27)28/h2-9,17-19H,10-11H2,1H3/t17-,18+,19-/m1/s1. The number of ether oxygens (including phenoxy) is 4. The van der Waals surface area contributed by atoms with Gasteiger partial charge < -0.3 is 18.9 Å². The van der Waals surface area contributed by atoms with E-state index in [-0.39, 0.29) is 35.5 Å². The molecule has 13 nitrogen and oxygen atoms in total. The van der Waals surface area contributed by atoms with Crippen LogP contribution >= 0.6 is 0 Å². The van der Waals surface area contributed by atoms with Crippen molar-refractivity contribution in [2.24, 2.45) is 0 Å². The highest BCUT2D eigenvalue weighted by Crippen LogP contribution is 2.26. The first-order valence-electron chi connectivity index (χ1n) is 9.83. The van der Waals surface area contributed by atoms with Crippen molar-refractivity contribution < 1.29 is 43.2 Å². The molecule has 2 aromatic carbocycles. The summed E-state index contributed by atoms with van der Waals surface area (Å²) in [6.07, 6.45) is -3.02. The highest BCUT2D eigenvalue weighted by Gasteiger charge is 2.40. The van der Waals surface area contributed by atoms with E-state index in [0.29, 0.717) is 0 Å². The fourth-order valence-electron chi connectivity index (χ4n) is 3.10. The van der Waals surface area contributed by atoms with E-state index in [1.54, 1.807) is 0 Å². The van der Waals surface area contributed by atoms with Gasteiger partial charge in [-0.15, -0.1) is 0 Å². The zero-order valence-corrected chi connectivity index (χ0v) is 17.7. The predicted octanol–water partition coefficient (Wildman–Crippen LogP) is 2.56. The zero-order chi connectivity index (χ0) is 24.8. The topological polar surface area (TPSA) is 174 Å². The Morgan fingerprint density at radius 2 is 1.38 bits per heavy atom. The summed E-state index contributed by atoms with van der Waals surface area (Å²) < 4.78 is 21.1. The summed E-state index contributed by atoms with van der Waals surface area (Å²) in [5, 5.41) is 21.5. The van der Waals surface area contributed by atoms with Crippen LogP contribution in [0.25, 0.3) is 0 Å². The number of carbonyl (C=O) groups is 3. The number of non-ortho nitro benzene ring substituents is 2. The molecule has 0 aromatic heterocycles. The fourth-order valence-corrected chi connectivity index (χ4v) is 3.10. The van der Waals surface area contributed by atoms with E-state index in [0.717, 1.165) is 24.3 Å². The first kappa shape index (κ1) is 24.3. The second-order valence-corrected chi connectivity index (χ2v) is 7.10. The smallest absolute Gasteiger partial charge is 0.338 e. The van der Waals surface area contributed by atoms with Crippen molar-refractivity contribution >= 4 is 29.3 Å². The molecule has 178 valence electrons. The molecule has 13 heteroatoms. The molecule has 0 unspecified atom stereocenters. The number of carbonyl (C=O) groups excluding carboxylic acids is 3. The summed E-state index contributed by atoms with van der Waals surface area (Å²) in [5.41, 5.74) is -0.299. The molecule has 34 heavy (non-hydrogen) atoms. The van der Waals surface area contributed by atoms with Crippen molar-refractivity contribution in [3.8, 4) is 0 Å². The highest BCUT2D eigenvalue weighted by atomic mass is 16.7. The molecule has 1 fully saturated rings. The zero-order valence-electron chi connectivity index (χ0n) is 17.7. The monoisotopic (exact) mass is 474 g/mol. The van der Waals surface area contributed by atoms with Gasteiger partial charge in [-0.3, -0.25) is 25.0 Å². The van der Waals surface area contributed by atoms with Crippen LogP contribution < -0.4 is 0 Å². The third-order valence-corrected chi connectivity index (χ3v) is 4.73. The van der Waals surface area contributed by atoms with Gasteiger partial charge in [0.25, 0.3) is 11.4 Å². The van der Waals surface area contributed by atoms with Crippen LogP contribution in [0.2, 0.25) is 0 Å². The van der Waals surface area contributed by atoms with Crippen molar-refractivity contribution in [1.29, 1.82) is 0 Å². The van der Waals surface area contributed by atoms with Gasteiger partial charge in [0.05, 0.1) is 27.4 Å². The van der Waals surface area contributed by atoms with Crippen LogP contribution in [0.15, 0.2) is 48.5 Å². The van der Waals surface area contributed by atoms with E-state index >= 15 is 0 Å². The lowest BCUT2D eigenvalue weighted by Gasteiger charge is -2.18. The van der Waals surface area contributed by atoms with Crippen LogP contribution in [0.3, 0.4) is 0 Å². The van der Waals surface area contributed by atoms with Crippen molar-refractivity contribution in [2.45, 2.75) is 31.8 Å². The van der Waals surface area contributed by atoms with Crippen LogP contribution in [0.4, 0.5) is 11.4 Å². The predicted molar refractivity (Wildman–Crippen MR) is 111 cm³/mol. The van der Waals surface area contributed by atoms with Crippen LogP contribution in [0.1, 0.15) is 34.1 Å². The molecule has 1 heterocycles. The highest BCUT2D eigenvalue weighted by molar-refractivity contribution is 5.90. The summed E-state index contributed by atoms with van der Waals surface area (Å²) in [6.45, 7) is 0.801. The largest absolute Gasteiger partial charge is 0.459 e. The minimum atomic E-state index is -1.05. The number of hydrogen-bond acceptors (Lipinski definition) is 11. The summed E-state index contributed by atoms with van der Waals surface area (Å²) >= 11 is 0. The molecular formula is C21H18N2O11. The summed E-state index contributed by atoms with van der Waals surface area (Å²) in [5.74, 6) is -2.23. The summed E-state index contributed by atoms with van der Waals surface area (Å²) in [6, 6.07) is 9.49. The minimum Gasteiger partial charge on any atom is -0.459 e. The summed E-state index contributed by atoms with van der Waals surface area (Å²) in [7, 11) is 0. The van der Waals surface area contributed by atoms with Gasteiger partial charge in [0, 0.05) is 31.2 Å². The molecule has 1 saturated heterocycles. The lowest BCUT2D eigenvalue weighted by Crippen LogP contribution is -2.32. The third-order valence-electron chi connectivity index (χ3n) is 4.73. The van der Waals surface area contributed by atoms with Crippen LogP contribution in [0.5, 0.6) is 0 Å². The van der Waals surface area contributed by atoms with Gasteiger partial charge in [0.1, 0.15) is 18.8 Å². The van der Waals surface area contributed by atoms with Crippen LogP contribution in [-0.2, 0) is 23.7 Å². The number of nitro groups is 2. The van der Waals surface area contributed by atoms with E-state index in [9.17, 15) is 34.6 Å². The van der Waals surface area contributed by atoms with Gasteiger partial charge in [-0.2, -0.15) is 0 Å². The minimum absolute atomic E-state index is 0.0297. The van der Waals surface area contributed by atoms with E-state index in [1.807, 2.05) is 0 Å². The number of nitro benzene ring substituents is 2. The molecular weight excluding hydrogens is 456 g/mol. The Bertz CT molecular complexity index is 1100. The number of rotatable bonds is 8. The van der Waals surface area contributed by atoms with E-state index in [2.05, 4.69) is 0 Å². The Morgan fingerprint density at radius 1 is 0.882 bits per heavy atom. The molecule has 0 spiro atoms. The van der Waals surface area contributed by atoms with Gasteiger partial charge in [0.2, 0.25) is 6.29 Å². The Morgan fingerprint density at radius 3 is 1.85 bits per heavy atom. The van der Waals surface area contributed by atoms with Crippen molar-refractivity contribution in [2.75, 3.05) is 6.61 Å². The Hall–Kier alpha value is -4.39. The van der Waals surface area contributed by atoms with Crippen molar-refractivity contribution in [3.63, 3.8) is 0 Å². The number of hydrogen-bond donors (Lipinski definition) is 0. The molecule has 0 aliphatic carbocycles. The molecule has 3 atom stereocenters. The SMILES string of the molecule is CC(=O)O[C@H]1C[C@@H](OC(=O)c2ccc([N+](=O)[O-])cc2)[C@H](COC(=O)c2ccc([N+](=O)[O-])cc2)O1. The second kappa shape index (κ2) is 10.5. The van der Waals surface area contributed by atoms with Gasteiger partial charge in [0.15, 0.2) is 0 Å². The van der Waals surface area contributed by atoms with Crippen LogP contribution in [-0.4, -0.2) is 52.9 Å². The number of benzene rings is 2. The van der Waals surface area contributed by atoms with Crippen molar-refractivity contribution in [3.05, 3.63) is 79.9 Å². The molecule has 0 N–H and O–H groups in total. The van der Waals surface area contributed by atoms with Gasteiger partial charge in [-0.25, -0.2) is 9.59 Å². The molecule has 0 bridgehead atoms. The Labute approximate surface area is 191 Å². The molecule has 0 radical (unpaired) electrons. The average molecular weight is 474 g/mol. The van der Waals surface area contributed by atoms with E-state index < -0.39 is 46.3 Å². The Balaban J connectivity index is 1.65. The van der Waals surface area contributed by atoms with Crippen molar-refractivity contribution in [1.82, 2.24) is 0 Å². The lowest BCUT2D eigenvalue weighted by molar-refractivity contribution is -0.385. The first-order valence-corrected chi connectivity index (χ1v) is 9.83. The van der Waals surface area contributed by atoms with Gasteiger partial charge in [-0.1, -0.05) is 0 Å². The quantitative estimate of drug-likeness (QED) is 0.238. The molecule has 0 saturated carbocycles.